The summed E-state index contributed by atoms with van der Waals surface area (Å²) in [4.78, 5) is 0. The van der Waals surface area contributed by atoms with E-state index in [1.54, 1.807) is 0 Å². The molecular formula is C18H29NO2. The fraction of sp³-hybridized carbons (Fsp3) is 0.667. The molecule has 1 N–H and O–H groups in total. The van der Waals surface area contributed by atoms with Crippen LogP contribution in [0.4, 0.5) is 0 Å². The van der Waals surface area contributed by atoms with Crippen LogP contribution in [0.3, 0.4) is 0 Å². The van der Waals surface area contributed by atoms with Crippen LogP contribution in [0.1, 0.15) is 58.1 Å². The Morgan fingerprint density at radius 1 is 1.29 bits per heavy atom. The minimum absolute atomic E-state index is 0.222. The lowest BCUT2D eigenvalue weighted by Crippen LogP contribution is -2.22. The normalized spacial score (nSPS) is 19.9. The van der Waals surface area contributed by atoms with Crippen LogP contribution in [0.25, 0.3) is 0 Å². The van der Waals surface area contributed by atoms with E-state index >= 15 is 0 Å². The monoisotopic (exact) mass is 291 g/mol. The maximum Gasteiger partial charge on any atom is 0.119 e. The van der Waals surface area contributed by atoms with Gasteiger partial charge in [-0.2, -0.15) is 0 Å². The Labute approximate surface area is 129 Å². The highest BCUT2D eigenvalue weighted by Gasteiger charge is 2.18. The Hall–Kier alpha value is -1.06. The van der Waals surface area contributed by atoms with Gasteiger partial charge in [0.25, 0.3) is 0 Å². The van der Waals surface area contributed by atoms with E-state index in [2.05, 4.69) is 50.4 Å². The first-order valence-electron chi connectivity index (χ1n) is 8.30. The van der Waals surface area contributed by atoms with Crippen LogP contribution < -0.4 is 10.1 Å². The highest BCUT2D eigenvalue weighted by molar-refractivity contribution is 5.29. The van der Waals surface area contributed by atoms with E-state index in [4.69, 9.17) is 9.47 Å². The SMILES string of the molecule is CCNC(CCC1CCCO1)c1ccc(OC(C)C)cc1. The van der Waals surface area contributed by atoms with Crippen LogP contribution in [0.15, 0.2) is 24.3 Å². The van der Waals surface area contributed by atoms with E-state index < -0.39 is 0 Å². The molecule has 0 amide bonds. The fourth-order valence-electron chi connectivity index (χ4n) is 2.91. The van der Waals surface area contributed by atoms with Gasteiger partial charge in [0.2, 0.25) is 0 Å². The third-order valence-electron chi connectivity index (χ3n) is 3.91. The van der Waals surface area contributed by atoms with Gasteiger partial charge >= 0.3 is 0 Å². The van der Waals surface area contributed by atoms with Crippen molar-refractivity contribution < 1.29 is 9.47 Å². The summed E-state index contributed by atoms with van der Waals surface area (Å²) in [6.07, 6.45) is 5.40. The molecule has 3 nitrogen and oxygen atoms in total. The molecule has 0 bridgehead atoms. The first-order chi connectivity index (χ1) is 10.2. The number of ether oxygens (including phenoxy) is 2. The van der Waals surface area contributed by atoms with Gasteiger partial charge in [-0.05, 0) is 63.8 Å². The lowest BCUT2D eigenvalue weighted by molar-refractivity contribution is 0.0996. The molecule has 1 aliphatic heterocycles. The molecule has 0 saturated carbocycles. The zero-order valence-electron chi connectivity index (χ0n) is 13.6. The zero-order valence-corrected chi connectivity index (χ0v) is 13.6. The van der Waals surface area contributed by atoms with Gasteiger partial charge < -0.3 is 14.8 Å². The lowest BCUT2D eigenvalue weighted by atomic mass is 9.99. The van der Waals surface area contributed by atoms with Gasteiger partial charge in [-0.15, -0.1) is 0 Å². The molecule has 3 heteroatoms. The minimum atomic E-state index is 0.222. The van der Waals surface area contributed by atoms with E-state index in [9.17, 15) is 0 Å². The summed E-state index contributed by atoms with van der Waals surface area (Å²) < 4.78 is 11.4. The van der Waals surface area contributed by atoms with Crippen molar-refractivity contribution in [2.24, 2.45) is 0 Å². The largest absolute Gasteiger partial charge is 0.491 e. The molecule has 2 rings (SSSR count). The highest BCUT2D eigenvalue weighted by atomic mass is 16.5. The summed E-state index contributed by atoms with van der Waals surface area (Å²) in [6.45, 7) is 8.20. The molecule has 1 aromatic rings. The smallest absolute Gasteiger partial charge is 0.119 e. The van der Waals surface area contributed by atoms with Gasteiger partial charge in [-0.25, -0.2) is 0 Å². The Morgan fingerprint density at radius 3 is 2.62 bits per heavy atom. The summed E-state index contributed by atoms with van der Waals surface area (Å²) in [6, 6.07) is 8.92. The molecular weight excluding hydrogens is 262 g/mol. The lowest BCUT2D eigenvalue weighted by Gasteiger charge is -2.20. The van der Waals surface area contributed by atoms with E-state index in [1.165, 1.54) is 18.4 Å². The van der Waals surface area contributed by atoms with Crippen LogP contribution >= 0.6 is 0 Å². The molecule has 0 aliphatic carbocycles. The second kappa shape index (κ2) is 8.40. The fourth-order valence-corrected chi connectivity index (χ4v) is 2.91. The second-order valence-electron chi connectivity index (χ2n) is 6.06. The summed E-state index contributed by atoms with van der Waals surface area (Å²) in [5, 5.41) is 3.59. The number of benzene rings is 1. The van der Waals surface area contributed by atoms with Crippen LogP contribution in [-0.2, 0) is 4.74 Å². The van der Waals surface area contributed by atoms with Gasteiger partial charge in [0.15, 0.2) is 0 Å². The summed E-state index contributed by atoms with van der Waals surface area (Å²) in [5.41, 5.74) is 1.34. The summed E-state index contributed by atoms with van der Waals surface area (Å²) in [7, 11) is 0. The first kappa shape index (κ1) is 16.3. The van der Waals surface area contributed by atoms with Crippen molar-refractivity contribution >= 4 is 0 Å². The standard InChI is InChI=1S/C18H29NO2/c1-4-19-18(12-11-16-6-5-13-20-16)15-7-9-17(10-8-15)21-14(2)3/h7-10,14,16,18-19H,4-6,11-13H2,1-3H3. The molecule has 1 saturated heterocycles. The van der Waals surface area contributed by atoms with Crippen molar-refractivity contribution in [3.63, 3.8) is 0 Å². The molecule has 1 aliphatic rings. The first-order valence-corrected chi connectivity index (χ1v) is 8.30. The highest BCUT2D eigenvalue weighted by Crippen LogP contribution is 2.25. The summed E-state index contributed by atoms with van der Waals surface area (Å²) >= 11 is 0. The van der Waals surface area contributed by atoms with Gasteiger partial charge in [-0.3, -0.25) is 0 Å². The Kier molecular flexibility index (Phi) is 6.52. The molecule has 0 spiro atoms. The number of hydrogen-bond donors (Lipinski definition) is 1. The van der Waals surface area contributed by atoms with Crippen molar-refractivity contribution in [2.75, 3.05) is 13.2 Å². The molecule has 2 unspecified atom stereocenters. The van der Waals surface area contributed by atoms with Crippen LogP contribution in [0.2, 0.25) is 0 Å². The zero-order chi connectivity index (χ0) is 15.1. The summed E-state index contributed by atoms with van der Waals surface area (Å²) in [5.74, 6) is 0.947. The molecule has 1 aromatic carbocycles. The quantitative estimate of drug-likeness (QED) is 0.782. The third-order valence-corrected chi connectivity index (χ3v) is 3.91. The molecule has 118 valence electrons. The maximum atomic E-state index is 5.73. The number of nitrogens with one attached hydrogen (secondary N) is 1. The van der Waals surface area contributed by atoms with Crippen LogP contribution in [0.5, 0.6) is 5.75 Å². The average Bonchev–Trinajstić information content (AvgIpc) is 2.97. The van der Waals surface area contributed by atoms with Crippen LogP contribution in [-0.4, -0.2) is 25.4 Å². The van der Waals surface area contributed by atoms with Gasteiger partial charge in [0.05, 0.1) is 12.2 Å². The molecule has 0 aromatic heterocycles. The third kappa shape index (κ3) is 5.33. The Bertz CT molecular complexity index is 396. The second-order valence-corrected chi connectivity index (χ2v) is 6.06. The van der Waals surface area contributed by atoms with Crippen molar-refractivity contribution in [2.45, 2.75) is 64.7 Å². The predicted molar refractivity (Wildman–Crippen MR) is 86.8 cm³/mol. The molecule has 1 fully saturated rings. The number of hydrogen-bond acceptors (Lipinski definition) is 3. The number of rotatable bonds is 8. The average molecular weight is 291 g/mol. The Balaban J connectivity index is 1.92. The van der Waals surface area contributed by atoms with Crippen molar-refractivity contribution in [1.82, 2.24) is 5.32 Å². The molecule has 1 heterocycles. The molecule has 2 atom stereocenters. The van der Waals surface area contributed by atoms with Crippen molar-refractivity contribution in [3.8, 4) is 5.75 Å². The van der Waals surface area contributed by atoms with Crippen molar-refractivity contribution in [3.05, 3.63) is 29.8 Å². The van der Waals surface area contributed by atoms with Crippen LogP contribution in [0, 0.1) is 0 Å². The van der Waals surface area contributed by atoms with Gasteiger partial charge in [0.1, 0.15) is 5.75 Å². The predicted octanol–water partition coefficient (Wildman–Crippen LogP) is 4.08. The van der Waals surface area contributed by atoms with Gasteiger partial charge in [-0.1, -0.05) is 19.1 Å². The van der Waals surface area contributed by atoms with E-state index in [-0.39, 0.29) is 6.10 Å². The van der Waals surface area contributed by atoms with Crippen molar-refractivity contribution in [1.29, 1.82) is 0 Å². The molecule has 21 heavy (non-hydrogen) atoms. The van der Waals surface area contributed by atoms with E-state index in [1.807, 2.05) is 0 Å². The van der Waals surface area contributed by atoms with E-state index in [0.717, 1.165) is 31.7 Å². The Morgan fingerprint density at radius 2 is 2.05 bits per heavy atom. The van der Waals surface area contributed by atoms with E-state index in [0.29, 0.717) is 12.1 Å². The van der Waals surface area contributed by atoms with Gasteiger partial charge in [0, 0.05) is 12.6 Å². The maximum absolute atomic E-state index is 5.73. The molecule has 0 radical (unpaired) electrons. The topological polar surface area (TPSA) is 30.5 Å². The minimum Gasteiger partial charge on any atom is -0.491 e.